The van der Waals surface area contributed by atoms with Crippen molar-refractivity contribution >= 4 is 39.2 Å². The molecular weight excluding hydrogens is 376 g/mol. The third-order valence-corrected chi connectivity index (χ3v) is 5.34. The molecule has 1 fully saturated rings. The van der Waals surface area contributed by atoms with E-state index in [4.69, 9.17) is 0 Å². The largest absolute Gasteiger partial charge is 0.337 e. The number of imidazole rings is 1. The van der Waals surface area contributed by atoms with E-state index >= 15 is 0 Å². The lowest BCUT2D eigenvalue weighted by atomic mass is 10.2. The molecule has 1 aliphatic heterocycles. The summed E-state index contributed by atoms with van der Waals surface area (Å²) in [6, 6.07) is 7.63. The van der Waals surface area contributed by atoms with E-state index in [-0.39, 0.29) is 36.7 Å². The Morgan fingerprint density at radius 3 is 2.77 bits per heavy atom. The number of aromatic nitrogens is 2. The zero-order valence-electron chi connectivity index (χ0n) is 15.0. The first kappa shape index (κ1) is 20.7. The van der Waals surface area contributed by atoms with Gasteiger partial charge >= 0.3 is 0 Å². The summed E-state index contributed by atoms with van der Waals surface area (Å²) in [7, 11) is -1.36. The summed E-state index contributed by atoms with van der Waals surface area (Å²) in [4.78, 5) is 19.2. The fourth-order valence-electron chi connectivity index (χ4n) is 3.48. The van der Waals surface area contributed by atoms with Crippen molar-refractivity contribution < 1.29 is 13.2 Å². The number of nitrogens with one attached hydrogen (secondary N) is 1. The third kappa shape index (κ3) is 4.55. The third-order valence-electron chi connectivity index (χ3n) is 4.56. The number of rotatable bonds is 6. The monoisotopic (exact) mass is 400 g/mol. The highest BCUT2D eigenvalue weighted by molar-refractivity contribution is 7.89. The molecule has 1 atom stereocenters. The Balaban J connectivity index is 0.00000243. The summed E-state index contributed by atoms with van der Waals surface area (Å²) < 4.78 is 25.2. The van der Waals surface area contributed by atoms with Gasteiger partial charge in [-0.1, -0.05) is 12.1 Å². The van der Waals surface area contributed by atoms with Gasteiger partial charge in [0.15, 0.2) is 9.84 Å². The highest BCUT2D eigenvalue weighted by atomic mass is 35.5. The van der Waals surface area contributed by atoms with E-state index in [0.717, 1.165) is 31.4 Å². The van der Waals surface area contributed by atoms with Gasteiger partial charge < -0.3 is 14.8 Å². The Morgan fingerprint density at radius 2 is 2.08 bits per heavy atom. The van der Waals surface area contributed by atoms with Crippen molar-refractivity contribution in [2.24, 2.45) is 0 Å². The molecule has 0 spiro atoms. The van der Waals surface area contributed by atoms with Gasteiger partial charge in [0.05, 0.1) is 11.0 Å². The average Bonchev–Trinajstić information content (AvgIpc) is 3.12. The van der Waals surface area contributed by atoms with Crippen molar-refractivity contribution in [1.29, 1.82) is 0 Å². The Bertz CT molecular complexity index is 881. The van der Waals surface area contributed by atoms with E-state index in [9.17, 15) is 13.2 Å². The predicted molar refractivity (Wildman–Crippen MR) is 104 cm³/mol. The number of likely N-dealkylation sites (N-methyl/N-ethyl adjacent to an activating group) is 1. The van der Waals surface area contributed by atoms with E-state index in [1.165, 1.54) is 6.26 Å². The Labute approximate surface area is 160 Å². The van der Waals surface area contributed by atoms with Crippen molar-refractivity contribution in [1.82, 2.24) is 19.8 Å². The maximum absolute atomic E-state index is 12.9. The van der Waals surface area contributed by atoms with Gasteiger partial charge in [-0.3, -0.25) is 4.79 Å². The molecule has 144 valence electrons. The number of hydrogen-bond donors (Lipinski definition) is 1. The number of benzene rings is 1. The van der Waals surface area contributed by atoms with Gasteiger partial charge in [-0.25, -0.2) is 13.4 Å². The van der Waals surface area contributed by atoms with Crippen molar-refractivity contribution in [3.63, 3.8) is 0 Å². The number of hydrogen-bond acceptors (Lipinski definition) is 5. The second kappa shape index (κ2) is 8.37. The molecule has 0 saturated carbocycles. The summed E-state index contributed by atoms with van der Waals surface area (Å²) in [6.07, 6.45) is 3.17. The van der Waals surface area contributed by atoms with Crippen molar-refractivity contribution in [2.75, 3.05) is 26.4 Å². The molecule has 1 amide bonds. The second-order valence-corrected chi connectivity index (χ2v) is 8.75. The van der Waals surface area contributed by atoms with Crippen LogP contribution in [0.3, 0.4) is 0 Å². The highest BCUT2D eigenvalue weighted by Gasteiger charge is 2.29. The number of likely N-dealkylation sites (tertiary alicyclic amines) is 1. The minimum absolute atomic E-state index is 0. The number of carbonyl (C=O) groups excluding carboxylic acids is 1. The first-order valence-electron chi connectivity index (χ1n) is 8.45. The van der Waals surface area contributed by atoms with Gasteiger partial charge in [-0.15, -0.1) is 12.4 Å². The number of nitrogens with zero attached hydrogens (tertiary/aromatic N) is 3. The molecule has 2 aromatic rings. The first-order chi connectivity index (χ1) is 11.9. The maximum atomic E-state index is 12.9. The van der Waals surface area contributed by atoms with Crippen LogP contribution in [0.5, 0.6) is 0 Å². The van der Waals surface area contributed by atoms with Crippen LogP contribution >= 0.6 is 12.4 Å². The van der Waals surface area contributed by atoms with E-state index in [0.29, 0.717) is 11.3 Å². The van der Waals surface area contributed by atoms with Crippen LogP contribution in [0.1, 0.15) is 18.7 Å². The molecular formula is C17H25ClN4O3S. The Morgan fingerprint density at radius 1 is 1.35 bits per heavy atom. The van der Waals surface area contributed by atoms with Crippen molar-refractivity contribution in [2.45, 2.75) is 31.2 Å². The van der Waals surface area contributed by atoms with Crippen molar-refractivity contribution in [3.8, 4) is 0 Å². The fourth-order valence-corrected chi connectivity index (χ4v) is 4.17. The van der Waals surface area contributed by atoms with Gasteiger partial charge in [-0.2, -0.15) is 0 Å². The molecule has 0 bridgehead atoms. The normalized spacial score (nSPS) is 17.5. The summed E-state index contributed by atoms with van der Waals surface area (Å²) >= 11 is 0. The lowest BCUT2D eigenvalue weighted by Gasteiger charge is -2.25. The van der Waals surface area contributed by atoms with Crippen LogP contribution in [-0.4, -0.2) is 61.2 Å². The van der Waals surface area contributed by atoms with Crippen LogP contribution in [0, 0.1) is 0 Å². The maximum Gasteiger partial charge on any atom is 0.242 e. The lowest BCUT2D eigenvalue weighted by Crippen LogP contribution is -2.42. The van der Waals surface area contributed by atoms with Crippen LogP contribution in [0.4, 0.5) is 0 Å². The molecule has 1 saturated heterocycles. The molecule has 26 heavy (non-hydrogen) atoms. The minimum atomic E-state index is -3.24. The Hall–Kier alpha value is -1.64. The summed E-state index contributed by atoms with van der Waals surface area (Å²) in [5.74, 6) is 0.256. The van der Waals surface area contributed by atoms with Crippen LogP contribution in [0.2, 0.25) is 0 Å². The number of carbonyl (C=O) groups is 1. The summed E-state index contributed by atoms with van der Waals surface area (Å²) in [6.45, 7) is 1.64. The fraction of sp³-hybridized carbons (Fsp3) is 0.529. The summed E-state index contributed by atoms with van der Waals surface area (Å²) in [5, 5.41) is 3.13. The molecule has 1 N–H and O–H groups in total. The van der Waals surface area contributed by atoms with E-state index in [1.807, 2.05) is 36.2 Å². The zero-order chi connectivity index (χ0) is 18.0. The van der Waals surface area contributed by atoms with Crippen LogP contribution < -0.4 is 5.32 Å². The first-order valence-corrected chi connectivity index (χ1v) is 10.5. The van der Waals surface area contributed by atoms with Crippen molar-refractivity contribution in [3.05, 3.63) is 30.1 Å². The van der Waals surface area contributed by atoms with Crippen LogP contribution in [0.25, 0.3) is 11.0 Å². The molecule has 1 aliphatic rings. The topological polar surface area (TPSA) is 84.3 Å². The van der Waals surface area contributed by atoms with E-state index in [2.05, 4.69) is 10.3 Å². The summed E-state index contributed by atoms with van der Waals surface area (Å²) in [5.41, 5.74) is 1.50. The predicted octanol–water partition coefficient (Wildman–Crippen LogP) is 1.21. The molecule has 9 heteroatoms. The van der Waals surface area contributed by atoms with Crippen LogP contribution in [-0.2, 0) is 26.9 Å². The average molecular weight is 401 g/mol. The molecule has 0 radical (unpaired) electrons. The number of sulfone groups is 1. The molecule has 7 nitrogen and oxygen atoms in total. The standard InChI is InChI=1S/C17H24N4O3S.ClH/c1-18-10-13-6-5-9-20(13)17(22)11-21-15-8-4-3-7-14(15)19-16(21)12-25(2,23)24;/h3-4,7-8,13,18H,5-6,9-12H2,1-2H3;1H. The van der Waals surface area contributed by atoms with Gasteiger partial charge in [-0.05, 0) is 32.0 Å². The quantitative estimate of drug-likeness (QED) is 0.787. The lowest BCUT2D eigenvalue weighted by molar-refractivity contribution is -0.132. The molecule has 0 aliphatic carbocycles. The van der Waals surface area contributed by atoms with E-state index < -0.39 is 9.84 Å². The van der Waals surface area contributed by atoms with Gasteiger partial charge in [0, 0.05) is 25.4 Å². The number of para-hydroxylation sites is 2. The molecule has 1 aromatic carbocycles. The minimum Gasteiger partial charge on any atom is -0.337 e. The number of amides is 1. The molecule has 1 unspecified atom stereocenters. The zero-order valence-corrected chi connectivity index (χ0v) is 16.6. The highest BCUT2D eigenvalue weighted by Crippen LogP contribution is 2.21. The SMILES string of the molecule is CNCC1CCCN1C(=O)Cn1c(CS(C)(=O)=O)nc2ccccc21.Cl. The van der Waals surface area contributed by atoms with Gasteiger partial charge in [0.1, 0.15) is 18.1 Å². The smallest absolute Gasteiger partial charge is 0.242 e. The van der Waals surface area contributed by atoms with Gasteiger partial charge in [0.25, 0.3) is 0 Å². The van der Waals surface area contributed by atoms with Gasteiger partial charge in [0.2, 0.25) is 5.91 Å². The second-order valence-electron chi connectivity index (χ2n) is 6.61. The molecule has 3 rings (SSSR count). The molecule has 2 heterocycles. The molecule has 1 aromatic heterocycles. The van der Waals surface area contributed by atoms with E-state index in [1.54, 1.807) is 4.57 Å². The number of fused-ring (bicyclic) bond motifs is 1. The van der Waals surface area contributed by atoms with Crippen LogP contribution in [0.15, 0.2) is 24.3 Å². The Kier molecular flexibility index (Phi) is 6.65. The number of halogens is 1.